The lowest BCUT2D eigenvalue weighted by atomic mass is 9.64. The maximum absolute atomic E-state index is 11.6. The van der Waals surface area contributed by atoms with Gasteiger partial charge in [-0.15, -0.1) is 0 Å². The Morgan fingerprint density at radius 3 is 2.47 bits per heavy atom. The van der Waals surface area contributed by atoms with E-state index in [9.17, 15) is 9.59 Å². The number of benzene rings is 1. The van der Waals surface area contributed by atoms with Crippen LogP contribution in [0.2, 0.25) is 0 Å². The molecule has 0 unspecified atom stereocenters. The van der Waals surface area contributed by atoms with Gasteiger partial charge in [0.05, 0.1) is 0 Å². The minimum Gasteiger partial charge on any atom is -0.456 e. The molecule has 1 fully saturated rings. The standard InChI is InChI=1S/C15H19NO3/c1-12(17)19-10-14(18)16-11-15(8-5-9-15)13-6-3-2-4-7-13/h2-4,6-7H,5,8-11H2,1H3,(H,16,18). The highest BCUT2D eigenvalue weighted by atomic mass is 16.5. The average Bonchev–Trinajstić information content (AvgIpc) is 2.36. The summed E-state index contributed by atoms with van der Waals surface area (Å²) in [5.41, 5.74) is 1.33. The first-order valence-electron chi connectivity index (χ1n) is 6.58. The quantitative estimate of drug-likeness (QED) is 0.822. The van der Waals surface area contributed by atoms with Crippen molar-refractivity contribution in [3.05, 3.63) is 35.9 Å². The molecule has 4 nitrogen and oxygen atoms in total. The lowest BCUT2D eigenvalue weighted by Gasteiger charge is -2.42. The molecule has 1 aromatic carbocycles. The zero-order chi connectivity index (χ0) is 13.7. The molecule has 0 spiro atoms. The summed E-state index contributed by atoms with van der Waals surface area (Å²) in [5, 5.41) is 2.86. The molecule has 0 bridgehead atoms. The molecule has 1 N–H and O–H groups in total. The topological polar surface area (TPSA) is 55.4 Å². The molecule has 1 aliphatic rings. The first-order chi connectivity index (χ1) is 9.12. The van der Waals surface area contributed by atoms with E-state index < -0.39 is 5.97 Å². The zero-order valence-electron chi connectivity index (χ0n) is 11.1. The van der Waals surface area contributed by atoms with Gasteiger partial charge in [-0.3, -0.25) is 9.59 Å². The van der Waals surface area contributed by atoms with Gasteiger partial charge >= 0.3 is 5.97 Å². The van der Waals surface area contributed by atoms with Gasteiger partial charge in [0.1, 0.15) is 0 Å². The van der Waals surface area contributed by atoms with Gasteiger partial charge in [0.15, 0.2) is 6.61 Å². The maximum Gasteiger partial charge on any atom is 0.303 e. The van der Waals surface area contributed by atoms with Crippen molar-refractivity contribution in [1.82, 2.24) is 5.32 Å². The van der Waals surface area contributed by atoms with E-state index in [1.807, 2.05) is 18.2 Å². The predicted molar refractivity (Wildman–Crippen MR) is 71.6 cm³/mol. The van der Waals surface area contributed by atoms with Crippen molar-refractivity contribution in [3.8, 4) is 0 Å². The van der Waals surface area contributed by atoms with Crippen molar-refractivity contribution >= 4 is 11.9 Å². The maximum atomic E-state index is 11.6. The first-order valence-corrected chi connectivity index (χ1v) is 6.58. The van der Waals surface area contributed by atoms with E-state index in [0.29, 0.717) is 6.54 Å². The monoisotopic (exact) mass is 261 g/mol. The summed E-state index contributed by atoms with van der Waals surface area (Å²) in [6.45, 7) is 1.71. The van der Waals surface area contributed by atoms with Gasteiger partial charge in [0.2, 0.25) is 0 Å². The van der Waals surface area contributed by atoms with Crippen molar-refractivity contribution < 1.29 is 14.3 Å². The van der Waals surface area contributed by atoms with Gasteiger partial charge in [0, 0.05) is 18.9 Å². The van der Waals surface area contributed by atoms with E-state index in [2.05, 4.69) is 22.2 Å². The van der Waals surface area contributed by atoms with Gasteiger partial charge < -0.3 is 10.1 Å². The fourth-order valence-corrected chi connectivity index (χ4v) is 2.45. The molecule has 0 radical (unpaired) electrons. The van der Waals surface area contributed by atoms with Crippen LogP contribution in [0.4, 0.5) is 0 Å². The third-order valence-corrected chi connectivity index (χ3v) is 3.73. The zero-order valence-corrected chi connectivity index (χ0v) is 11.1. The minimum absolute atomic E-state index is 0.0626. The second-order valence-corrected chi connectivity index (χ2v) is 5.06. The van der Waals surface area contributed by atoms with Gasteiger partial charge in [0.25, 0.3) is 5.91 Å². The smallest absolute Gasteiger partial charge is 0.303 e. The number of carbonyl (C=O) groups excluding carboxylic acids is 2. The number of hydrogen-bond acceptors (Lipinski definition) is 3. The Balaban J connectivity index is 1.90. The second kappa shape index (κ2) is 5.87. The fraction of sp³-hybridized carbons (Fsp3) is 0.467. The highest BCUT2D eigenvalue weighted by molar-refractivity contribution is 5.80. The van der Waals surface area contributed by atoms with Gasteiger partial charge in [-0.05, 0) is 18.4 Å². The molecule has 4 heteroatoms. The largest absolute Gasteiger partial charge is 0.456 e. The molecule has 0 atom stereocenters. The number of rotatable bonds is 5. The summed E-state index contributed by atoms with van der Waals surface area (Å²) in [5.74, 6) is -0.672. The molecule has 0 aromatic heterocycles. The molecule has 1 saturated carbocycles. The molecule has 1 aromatic rings. The molecule has 1 aliphatic carbocycles. The third kappa shape index (κ3) is 3.34. The van der Waals surface area contributed by atoms with E-state index in [1.54, 1.807) is 0 Å². The summed E-state index contributed by atoms with van der Waals surface area (Å²) in [6.07, 6.45) is 3.37. The lowest BCUT2D eigenvalue weighted by Crippen LogP contribution is -2.46. The summed E-state index contributed by atoms with van der Waals surface area (Å²) < 4.78 is 4.68. The predicted octanol–water partition coefficient (Wildman–Crippen LogP) is 1.79. The minimum atomic E-state index is -0.434. The van der Waals surface area contributed by atoms with E-state index in [1.165, 1.54) is 18.9 Å². The molecule has 102 valence electrons. The Bertz CT molecular complexity index is 452. The van der Waals surface area contributed by atoms with E-state index in [0.717, 1.165) is 12.8 Å². The van der Waals surface area contributed by atoms with Gasteiger partial charge in [-0.1, -0.05) is 36.8 Å². The van der Waals surface area contributed by atoms with Crippen molar-refractivity contribution in [3.63, 3.8) is 0 Å². The van der Waals surface area contributed by atoms with E-state index in [4.69, 9.17) is 0 Å². The van der Waals surface area contributed by atoms with Crippen LogP contribution in [0.15, 0.2) is 30.3 Å². The number of amides is 1. The van der Waals surface area contributed by atoms with E-state index >= 15 is 0 Å². The van der Waals surface area contributed by atoms with Crippen molar-refractivity contribution in [2.75, 3.05) is 13.2 Å². The van der Waals surface area contributed by atoms with Gasteiger partial charge in [-0.2, -0.15) is 0 Å². The number of carbonyl (C=O) groups is 2. The molecule has 2 rings (SSSR count). The molecular formula is C15H19NO3. The Morgan fingerprint density at radius 2 is 1.95 bits per heavy atom. The summed E-state index contributed by atoms with van der Waals surface area (Å²) in [6, 6.07) is 10.3. The normalized spacial score (nSPS) is 16.3. The van der Waals surface area contributed by atoms with Gasteiger partial charge in [-0.25, -0.2) is 0 Å². The van der Waals surface area contributed by atoms with Crippen LogP contribution in [0.25, 0.3) is 0 Å². The third-order valence-electron chi connectivity index (χ3n) is 3.73. The number of esters is 1. The number of hydrogen-bond donors (Lipinski definition) is 1. The highest BCUT2D eigenvalue weighted by Crippen LogP contribution is 2.43. The first kappa shape index (κ1) is 13.6. The Labute approximate surface area is 113 Å². The van der Waals surface area contributed by atoms with Crippen LogP contribution >= 0.6 is 0 Å². The summed E-state index contributed by atoms with van der Waals surface area (Å²) in [4.78, 5) is 22.2. The Hall–Kier alpha value is -1.84. The van der Waals surface area contributed by atoms with Crippen LogP contribution in [0.3, 0.4) is 0 Å². The fourth-order valence-electron chi connectivity index (χ4n) is 2.45. The van der Waals surface area contributed by atoms with Crippen molar-refractivity contribution in [2.45, 2.75) is 31.6 Å². The Kier molecular flexibility index (Phi) is 4.20. The van der Waals surface area contributed by atoms with Crippen LogP contribution in [0, 0.1) is 0 Å². The van der Waals surface area contributed by atoms with Crippen LogP contribution in [-0.4, -0.2) is 25.0 Å². The highest BCUT2D eigenvalue weighted by Gasteiger charge is 2.38. The average molecular weight is 261 g/mol. The number of nitrogens with one attached hydrogen (secondary N) is 1. The van der Waals surface area contributed by atoms with Crippen LogP contribution in [-0.2, 0) is 19.7 Å². The molecule has 0 aliphatic heterocycles. The molecule has 0 saturated heterocycles. The summed E-state index contributed by atoms with van der Waals surface area (Å²) >= 11 is 0. The molecule has 0 heterocycles. The molecule has 19 heavy (non-hydrogen) atoms. The van der Waals surface area contributed by atoms with Crippen molar-refractivity contribution in [1.29, 1.82) is 0 Å². The summed E-state index contributed by atoms with van der Waals surface area (Å²) in [7, 11) is 0. The van der Waals surface area contributed by atoms with E-state index in [-0.39, 0.29) is 17.9 Å². The SMILES string of the molecule is CC(=O)OCC(=O)NCC1(c2ccccc2)CCC1. The van der Waals surface area contributed by atoms with Crippen LogP contribution in [0.1, 0.15) is 31.7 Å². The lowest BCUT2D eigenvalue weighted by molar-refractivity contribution is -0.146. The Morgan fingerprint density at radius 1 is 1.26 bits per heavy atom. The second-order valence-electron chi connectivity index (χ2n) is 5.06. The molecular weight excluding hydrogens is 242 g/mol. The van der Waals surface area contributed by atoms with Crippen LogP contribution in [0.5, 0.6) is 0 Å². The number of ether oxygens (including phenoxy) is 1. The molecule has 1 amide bonds. The van der Waals surface area contributed by atoms with Crippen LogP contribution < -0.4 is 5.32 Å². The van der Waals surface area contributed by atoms with Crippen molar-refractivity contribution in [2.24, 2.45) is 0 Å².